The fraction of sp³-hybridized carbons (Fsp3) is 0.562. The van der Waals surface area contributed by atoms with E-state index in [1.807, 2.05) is 6.07 Å². The first kappa shape index (κ1) is 14.5. The van der Waals surface area contributed by atoms with Gasteiger partial charge in [-0.25, -0.2) is 0 Å². The van der Waals surface area contributed by atoms with Gasteiger partial charge in [-0.3, -0.25) is 9.69 Å². The topological polar surface area (TPSA) is 59.0 Å². The van der Waals surface area contributed by atoms with Crippen molar-refractivity contribution in [3.63, 3.8) is 0 Å². The van der Waals surface area contributed by atoms with Gasteiger partial charge in [0.25, 0.3) is 0 Å². The lowest BCUT2D eigenvalue weighted by Crippen LogP contribution is -2.48. The van der Waals surface area contributed by atoms with E-state index >= 15 is 0 Å². The summed E-state index contributed by atoms with van der Waals surface area (Å²) in [5.41, 5.74) is 2.58. The maximum Gasteiger partial charge on any atom is 0.305 e. The Morgan fingerprint density at radius 2 is 2.19 bits per heavy atom. The van der Waals surface area contributed by atoms with Gasteiger partial charge in [0.1, 0.15) is 0 Å². The number of benzene rings is 1. The van der Waals surface area contributed by atoms with E-state index in [0.29, 0.717) is 13.2 Å². The van der Waals surface area contributed by atoms with E-state index in [4.69, 9.17) is 14.6 Å². The van der Waals surface area contributed by atoms with Crippen molar-refractivity contribution in [1.29, 1.82) is 0 Å². The number of rotatable bonds is 4. The zero-order valence-corrected chi connectivity index (χ0v) is 12.0. The van der Waals surface area contributed by atoms with Crippen LogP contribution in [0.5, 0.6) is 0 Å². The summed E-state index contributed by atoms with van der Waals surface area (Å²) in [5.74, 6) is -0.777. The fourth-order valence-electron chi connectivity index (χ4n) is 3.16. The summed E-state index contributed by atoms with van der Waals surface area (Å²) in [7, 11) is 0. The van der Waals surface area contributed by atoms with Crippen LogP contribution in [-0.2, 0) is 20.7 Å². The van der Waals surface area contributed by atoms with E-state index in [2.05, 4.69) is 23.1 Å². The Morgan fingerprint density at radius 1 is 1.33 bits per heavy atom. The molecule has 2 aliphatic heterocycles. The average molecular weight is 291 g/mol. The van der Waals surface area contributed by atoms with Crippen molar-refractivity contribution in [3.05, 3.63) is 35.4 Å². The van der Waals surface area contributed by atoms with Gasteiger partial charge in [-0.15, -0.1) is 0 Å². The molecular weight excluding hydrogens is 270 g/mol. The lowest BCUT2D eigenvalue weighted by molar-refractivity contribution is -0.140. The third kappa shape index (κ3) is 3.43. The molecule has 0 spiro atoms. The second kappa shape index (κ2) is 6.56. The number of nitrogens with zero attached hydrogens (tertiary/aromatic N) is 1. The van der Waals surface area contributed by atoms with Crippen molar-refractivity contribution >= 4 is 5.97 Å². The molecule has 0 saturated carbocycles. The number of hydrogen-bond donors (Lipinski definition) is 1. The number of aliphatic carboxylic acids is 1. The standard InChI is InChI=1S/C16H21NO4/c18-16(19)9-13-11-20-8-6-17(13)10-15-14-4-2-1-3-12(14)5-7-21-15/h1-4,13,15H,5-11H2,(H,18,19). The van der Waals surface area contributed by atoms with Crippen molar-refractivity contribution in [2.45, 2.75) is 25.0 Å². The normalized spacial score (nSPS) is 26.3. The molecule has 2 aliphatic rings. The molecule has 0 aromatic heterocycles. The van der Waals surface area contributed by atoms with E-state index in [9.17, 15) is 4.79 Å². The lowest BCUT2D eigenvalue weighted by Gasteiger charge is -2.38. The van der Waals surface area contributed by atoms with Crippen LogP contribution in [0.15, 0.2) is 24.3 Å². The van der Waals surface area contributed by atoms with Crippen molar-refractivity contribution in [1.82, 2.24) is 4.90 Å². The number of carbonyl (C=O) groups is 1. The van der Waals surface area contributed by atoms with Crippen LogP contribution in [-0.4, -0.2) is 54.9 Å². The van der Waals surface area contributed by atoms with Gasteiger partial charge in [0.05, 0.1) is 32.3 Å². The van der Waals surface area contributed by atoms with Gasteiger partial charge in [0, 0.05) is 19.1 Å². The summed E-state index contributed by atoms with van der Waals surface area (Å²) in [6.45, 7) is 3.37. The van der Waals surface area contributed by atoms with Crippen LogP contribution in [0.25, 0.3) is 0 Å². The van der Waals surface area contributed by atoms with Gasteiger partial charge in [-0.2, -0.15) is 0 Å². The number of ether oxygens (including phenoxy) is 2. The highest BCUT2D eigenvalue weighted by atomic mass is 16.5. The lowest BCUT2D eigenvalue weighted by atomic mass is 9.96. The Bertz CT molecular complexity index is 505. The minimum Gasteiger partial charge on any atom is -0.481 e. The molecule has 2 heterocycles. The summed E-state index contributed by atoms with van der Waals surface area (Å²) in [4.78, 5) is 13.2. The van der Waals surface area contributed by atoms with E-state index in [1.165, 1.54) is 11.1 Å². The largest absolute Gasteiger partial charge is 0.481 e. The Hall–Kier alpha value is -1.43. The molecule has 0 aliphatic carbocycles. The van der Waals surface area contributed by atoms with E-state index in [-0.39, 0.29) is 18.6 Å². The van der Waals surface area contributed by atoms with Gasteiger partial charge >= 0.3 is 5.97 Å². The van der Waals surface area contributed by atoms with Crippen LogP contribution in [0.4, 0.5) is 0 Å². The van der Waals surface area contributed by atoms with Crippen molar-refractivity contribution < 1.29 is 19.4 Å². The SMILES string of the molecule is O=C(O)CC1COCCN1CC1OCCc2ccccc21. The van der Waals surface area contributed by atoms with Gasteiger partial charge in [-0.1, -0.05) is 24.3 Å². The van der Waals surface area contributed by atoms with Crippen molar-refractivity contribution in [3.8, 4) is 0 Å². The monoisotopic (exact) mass is 291 g/mol. The number of fused-ring (bicyclic) bond motifs is 1. The van der Waals surface area contributed by atoms with Gasteiger partial charge in [-0.05, 0) is 17.5 Å². The summed E-state index contributed by atoms with van der Waals surface area (Å²) in [6.07, 6.45) is 1.10. The van der Waals surface area contributed by atoms with E-state index in [0.717, 1.165) is 26.1 Å². The number of carboxylic acids is 1. The van der Waals surface area contributed by atoms with Crippen LogP contribution in [0.3, 0.4) is 0 Å². The maximum atomic E-state index is 11.0. The molecule has 0 amide bonds. The molecule has 5 nitrogen and oxygen atoms in total. The number of carboxylic acid groups (broad SMARTS) is 1. The predicted molar refractivity (Wildman–Crippen MR) is 77.3 cm³/mol. The quantitative estimate of drug-likeness (QED) is 0.910. The molecular formula is C16H21NO4. The molecule has 2 atom stereocenters. The second-order valence-corrected chi connectivity index (χ2v) is 5.63. The van der Waals surface area contributed by atoms with Gasteiger partial charge in [0.2, 0.25) is 0 Å². The maximum absolute atomic E-state index is 11.0. The van der Waals surface area contributed by atoms with E-state index < -0.39 is 5.97 Å². The second-order valence-electron chi connectivity index (χ2n) is 5.63. The van der Waals surface area contributed by atoms with Crippen molar-refractivity contribution in [2.24, 2.45) is 0 Å². The number of morpholine rings is 1. The molecule has 0 bridgehead atoms. The van der Waals surface area contributed by atoms with E-state index in [1.54, 1.807) is 0 Å². The first-order chi connectivity index (χ1) is 10.2. The Balaban J connectivity index is 1.72. The molecule has 5 heteroatoms. The molecule has 1 N–H and O–H groups in total. The smallest absolute Gasteiger partial charge is 0.305 e. The highest BCUT2D eigenvalue weighted by Crippen LogP contribution is 2.28. The molecule has 2 unspecified atom stereocenters. The predicted octanol–water partition coefficient (Wildman–Crippen LogP) is 1.48. The summed E-state index contributed by atoms with van der Waals surface area (Å²) < 4.78 is 11.4. The zero-order valence-electron chi connectivity index (χ0n) is 12.0. The highest BCUT2D eigenvalue weighted by molar-refractivity contribution is 5.67. The first-order valence-electron chi connectivity index (χ1n) is 7.47. The molecule has 21 heavy (non-hydrogen) atoms. The Kier molecular flexibility index (Phi) is 4.53. The summed E-state index contributed by atoms with van der Waals surface area (Å²) in [5, 5.41) is 9.03. The molecule has 1 fully saturated rings. The van der Waals surface area contributed by atoms with Crippen molar-refractivity contribution in [2.75, 3.05) is 32.9 Å². The molecule has 114 valence electrons. The third-order valence-corrected chi connectivity index (χ3v) is 4.25. The van der Waals surface area contributed by atoms with Gasteiger partial charge in [0.15, 0.2) is 0 Å². The third-order valence-electron chi connectivity index (χ3n) is 4.25. The highest BCUT2D eigenvalue weighted by Gasteiger charge is 2.30. The first-order valence-corrected chi connectivity index (χ1v) is 7.47. The Labute approximate surface area is 124 Å². The minimum absolute atomic E-state index is 0.0318. The van der Waals surface area contributed by atoms with Crippen LogP contribution in [0, 0.1) is 0 Å². The average Bonchev–Trinajstić information content (AvgIpc) is 2.49. The van der Waals surface area contributed by atoms with Gasteiger partial charge < -0.3 is 14.6 Å². The molecule has 1 aromatic carbocycles. The molecule has 3 rings (SSSR count). The van der Waals surface area contributed by atoms with Crippen LogP contribution in [0.1, 0.15) is 23.7 Å². The summed E-state index contributed by atoms with van der Waals surface area (Å²) >= 11 is 0. The Morgan fingerprint density at radius 3 is 3.05 bits per heavy atom. The van der Waals surface area contributed by atoms with Crippen LogP contribution in [0.2, 0.25) is 0 Å². The molecule has 1 aromatic rings. The molecule has 0 radical (unpaired) electrons. The summed E-state index contributed by atoms with van der Waals surface area (Å²) in [6, 6.07) is 8.30. The van der Waals surface area contributed by atoms with Crippen LogP contribution < -0.4 is 0 Å². The number of hydrogen-bond acceptors (Lipinski definition) is 4. The zero-order chi connectivity index (χ0) is 14.7. The molecule has 1 saturated heterocycles. The van der Waals surface area contributed by atoms with Crippen LogP contribution >= 0.6 is 0 Å². The minimum atomic E-state index is -0.777. The fourth-order valence-corrected chi connectivity index (χ4v) is 3.16.